The SMILES string of the molecule is Cn1nc(-c2nc(Br)ns2)c2ccccc21. The van der Waals surface area contributed by atoms with E-state index < -0.39 is 0 Å². The number of aromatic nitrogens is 4. The Kier molecular flexibility index (Phi) is 2.26. The molecule has 0 amide bonds. The summed E-state index contributed by atoms with van der Waals surface area (Å²) < 4.78 is 6.58. The third-order valence-corrected chi connectivity index (χ3v) is 3.67. The summed E-state index contributed by atoms with van der Waals surface area (Å²) in [4.78, 5) is 4.29. The zero-order valence-electron chi connectivity index (χ0n) is 8.38. The third-order valence-electron chi connectivity index (χ3n) is 2.36. The lowest BCUT2D eigenvalue weighted by atomic mass is 10.2. The highest BCUT2D eigenvalue weighted by Gasteiger charge is 2.13. The summed E-state index contributed by atoms with van der Waals surface area (Å²) in [6, 6.07) is 8.10. The lowest BCUT2D eigenvalue weighted by Gasteiger charge is -1.90. The minimum absolute atomic E-state index is 0.613. The number of hydrogen-bond donors (Lipinski definition) is 0. The predicted octanol–water partition coefficient (Wildman–Crippen LogP) is 2.85. The maximum atomic E-state index is 4.48. The van der Waals surface area contributed by atoms with Crippen LogP contribution in [0.3, 0.4) is 0 Å². The molecule has 0 radical (unpaired) electrons. The summed E-state index contributed by atoms with van der Waals surface area (Å²) in [6.07, 6.45) is 0. The van der Waals surface area contributed by atoms with Gasteiger partial charge in [0.15, 0.2) is 5.01 Å². The molecule has 0 bridgehead atoms. The fraction of sp³-hybridized carbons (Fsp3) is 0.100. The molecule has 0 atom stereocenters. The van der Waals surface area contributed by atoms with Gasteiger partial charge < -0.3 is 0 Å². The van der Waals surface area contributed by atoms with E-state index in [1.165, 1.54) is 11.5 Å². The van der Waals surface area contributed by atoms with E-state index in [2.05, 4.69) is 30.4 Å². The Bertz CT molecular complexity index is 658. The zero-order valence-corrected chi connectivity index (χ0v) is 10.8. The number of halogens is 1. The molecule has 3 aromatic rings. The Labute approximate surface area is 104 Å². The first-order valence-electron chi connectivity index (χ1n) is 4.67. The van der Waals surface area contributed by atoms with E-state index in [9.17, 15) is 0 Å². The van der Waals surface area contributed by atoms with Crippen molar-refractivity contribution in [2.75, 3.05) is 0 Å². The molecule has 0 unspecified atom stereocenters. The van der Waals surface area contributed by atoms with Crippen molar-refractivity contribution in [1.82, 2.24) is 19.1 Å². The van der Waals surface area contributed by atoms with Gasteiger partial charge in [0.1, 0.15) is 5.69 Å². The van der Waals surface area contributed by atoms with E-state index in [-0.39, 0.29) is 0 Å². The lowest BCUT2D eigenvalue weighted by Crippen LogP contribution is -1.89. The van der Waals surface area contributed by atoms with Gasteiger partial charge in [-0.3, -0.25) is 4.68 Å². The van der Waals surface area contributed by atoms with Crippen LogP contribution in [0.25, 0.3) is 21.6 Å². The van der Waals surface area contributed by atoms with Crippen LogP contribution in [0.15, 0.2) is 29.0 Å². The Balaban J connectivity index is 2.32. The molecule has 0 spiro atoms. The number of nitrogens with zero attached hydrogens (tertiary/aromatic N) is 4. The minimum atomic E-state index is 0.613. The van der Waals surface area contributed by atoms with Gasteiger partial charge in [-0.25, -0.2) is 4.98 Å². The van der Waals surface area contributed by atoms with Gasteiger partial charge in [-0.1, -0.05) is 18.2 Å². The summed E-state index contributed by atoms with van der Waals surface area (Å²) in [5.74, 6) is 0. The molecule has 0 aliphatic carbocycles. The summed E-state index contributed by atoms with van der Waals surface area (Å²) in [7, 11) is 1.93. The van der Waals surface area contributed by atoms with Crippen molar-refractivity contribution in [3.05, 3.63) is 29.0 Å². The van der Waals surface area contributed by atoms with E-state index in [1.807, 2.05) is 36.0 Å². The number of rotatable bonds is 1. The molecule has 0 fully saturated rings. The van der Waals surface area contributed by atoms with Crippen molar-refractivity contribution in [2.24, 2.45) is 7.05 Å². The molecule has 0 saturated carbocycles. The number of aryl methyl sites for hydroxylation is 1. The topological polar surface area (TPSA) is 43.6 Å². The van der Waals surface area contributed by atoms with Crippen LogP contribution in [0.1, 0.15) is 0 Å². The quantitative estimate of drug-likeness (QED) is 0.693. The summed E-state index contributed by atoms with van der Waals surface area (Å²) in [5, 5.41) is 6.42. The highest BCUT2D eigenvalue weighted by molar-refractivity contribution is 9.10. The van der Waals surface area contributed by atoms with Crippen molar-refractivity contribution < 1.29 is 0 Å². The van der Waals surface area contributed by atoms with Crippen LogP contribution in [0.5, 0.6) is 0 Å². The first kappa shape index (κ1) is 9.92. The largest absolute Gasteiger partial charge is 0.267 e. The van der Waals surface area contributed by atoms with Gasteiger partial charge in [0.2, 0.25) is 4.73 Å². The van der Waals surface area contributed by atoms with Gasteiger partial charge in [-0.15, -0.1) is 0 Å². The average molecular weight is 295 g/mol. The second kappa shape index (κ2) is 3.64. The van der Waals surface area contributed by atoms with Crippen molar-refractivity contribution in [3.8, 4) is 10.7 Å². The molecule has 16 heavy (non-hydrogen) atoms. The van der Waals surface area contributed by atoms with Crippen LogP contribution < -0.4 is 0 Å². The van der Waals surface area contributed by atoms with Gasteiger partial charge >= 0.3 is 0 Å². The molecule has 0 saturated heterocycles. The van der Waals surface area contributed by atoms with E-state index in [0.717, 1.165) is 21.6 Å². The average Bonchev–Trinajstić information content (AvgIpc) is 2.84. The summed E-state index contributed by atoms with van der Waals surface area (Å²) in [6.45, 7) is 0. The van der Waals surface area contributed by atoms with E-state index in [0.29, 0.717) is 4.73 Å². The summed E-state index contributed by atoms with van der Waals surface area (Å²) in [5.41, 5.74) is 1.99. The normalized spacial score (nSPS) is 11.1. The number of para-hydroxylation sites is 1. The van der Waals surface area contributed by atoms with Crippen molar-refractivity contribution in [2.45, 2.75) is 0 Å². The zero-order chi connectivity index (χ0) is 11.1. The van der Waals surface area contributed by atoms with E-state index in [1.54, 1.807) is 0 Å². The van der Waals surface area contributed by atoms with Gasteiger partial charge in [-0.2, -0.15) is 9.47 Å². The molecule has 3 rings (SSSR count). The van der Waals surface area contributed by atoms with Gasteiger partial charge in [0.05, 0.1) is 5.52 Å². The second-order valence-corrected chi connectivity index (χ2v) is 4.82. The fourth-order valence-electron chi connectivity index (χ4n) is 1.67. The van der Waals surface area contributed by atoms with Crippen LogP contribution in [-0.4, -0.2) is 19.1 Å². The van der Waals surface area contributed by atoms with Gasteiger partial charge in [0, 0.05) is 12.4 Å². The molecule has 2 aromatic heterocycles. The second-order valence-electron chi connectivity index (χ2n) is 3.36. The molecular formula is C10H7BrN4S. The number of hydrogen-bond acceptors (Lipinski definition) is 4. The minimum Gasteiger partial charge on any atom is -0.267 e. The highest BCUT2D eigenvalue weighted by Crippen LogP contribution is 2.29. The fourth-order valence-corrected chi connectivity index (χ4v) is 2.75. The van der Waals surface area contributed by atoms with Crippen LogP contribution in [-0.2, 0) is 7.05 Å². The van der Waals surface area contributed by atoms with E-state index >= 15 is 0 Å². The van der Waals surface area contributed by atoms with Crippen LogP contribution in [0.4, 0.5) is 0 Å². The predicted molar refractivity (Wildman–Crippen MR) is 67.3 cm³/mol. The Morgan fingerprint density at radius 1 is 1.31 bits per heavy atom. The van der Waals surface area contributed by atoms with Crippen LogP contribution in [0.2, 0.25) is 0 Å². The number of fused-ring (bicyclic) bond motifs is 1. The van der Waals surface area contributed by atoms with Crippen molar-refractivity contribution >= 4 is 38.4 Å². The van der Waals surface area contributed by atoms with Gasteiger partial charge in [0.25, 0.3) is 0 Å². The van der Waals surface area contributed by atoms with Crippen LogP contribution in [0, 0.1) is 0 Å². The standard InChI is InChI=1S/C10H7BrN4S/c1-15-7-5-3-2-4-6(7)8(13-15)9-12-10(11)14-16-9/h2-5H,1H3. The van der Waals surface area contributed by atoms with Gasteiger partial charge in [-0.05, 0) is 33.5 Å². The highest BCUT2D eigenvalue weighted by atomic mass is 79.9. The molecule has 6 heteroatoms. The maximum Gasteiger partial charge on any atom is 0.209 e. The molecule has 2 heterocycles. The maximum absolute atomic E-state index is 4.48. The Hall–Kier alpha value is -1.27. The molecule has 1 aromatic carbocycles. The number of benzene rings is 1. The van der Waals surface area contributed by atoms with Crippen molar-refractivity contribution in [3.63, 3.8) is 0 Å². The Morgan fingerprint density at radius 3 is 2.88 bits per heavy atom. The van der Waals surface area contributed by atoms with Crippen molar-refractivity contribution in [1.29, 1.82) is 0 Å². The third kappa shape index (κ3) is 1.45. The molecular weight excluding hydrogens is 288 g/mol. The monoisotopic (exact) mass is 294 g/mol. The molecule has 80 valence electrons. The molecule has 0 aliphatic rings. The summed E-state index contributed by atoms with van der Waals surface area (Å²) >= 11 is 4.60. The Morgan fingerprint density at radius 2 is 2.12 bits per heavy atom. The first-order valence-corrected chi connectivity index (χ1v) is 6.23. The smallest absolute Gasteiger partial charge is 0.209 e. The lowest BCUT2D eigenvalue weighted by molar-refractivity contribution is 0.800. The first-order chi connectivity index (χ1) is 7.75. The van der Waals surface area contributed by atoms with Crippen LogP contribution >= 0.6 is 27.5 Å². The molecule has 4 nitrogen and oxygen atoms in total. The molecule has 0 aliphatic heterocycles. The molecule has 0 N–H and O–H groups in total. The van der Waals surface area contributed by atoms with E-state index in [4.69, 9.17) is 0 Å².